The molecule has 0 spiro atoms. The summed E-state index contributed by atoms with van der Waals surface area (Å²) in [6, 6.07) is 6.18. The summed E-state index contributed by atoms with van der Waals surface area (Å²) in [6.07, 6.45) is 3.71. The van der Waals surface area contributed by atoms with Crippen molar-refractivity contribution in [1.82, 2.24) is 14.8 Å². The summed E-state index contributed by atoms with van der Waals surface area (Å²) in [5, 5.41) is 1.04. The number of aromatic nitrogens is 1. The second kappa shape index (κ2) is 8.50. The lowest BCUT2D eigenvalue weighted by Gasteiger charge is -2.20. The monoisotopic (exact) mass is 423 g/mol. The third kappa shape index (κ3) is 4.54. The smallest absolute Gasteiger partial charge is 0.289 e. The van der Waals surface area contributed by atoms with Crippen molar-refractivity contribution in [2.45, 2.75) is 59.4 Å². The number of hydrogen-bond donors (Lipinski definition) is 0. The van der Waals surface area contributed by atoms with Gasteiger partial charge in [0.25, 0.3) is 5.91 Å². The van der Waals surface area contributed by atoms with Crippen LogP contribution in [0.5, 0.6) is 0 Å². The predicted octanol–water partition coefficient (Wildman–Crippen LogP) is 4.94. The number of rotatable bonds is 4. The summed E-state index contributed by atoms with van der Waals surface area (Å²) < 4.78 is 11.9. The third-order valence-electron chi connectivity index (χ3n) is 6.13. The molecule has 0 bridgehead atoms. The van der Waals surface area contributed by atoms with Crippen LogP contribution in [-0.4, -0.2) is 46.9 Å². The standard InChI is InChI=1S/C25H33N3O3/c1-6-18-8-9-20-19(14-18)17(2)23(30-20)24(29)28-11-7-10-27(12-13-28)16-22-26-15-21(31-22)25(3,4)5/h8-9,14-15H,6-7,10-13,16H2,1-5H3. The minimum Gasteiger partial charge on any atom is -0.451 e. The van der Waals surface area contributed by atoms with Gasteiger partial charge in [0.05, 0.1) is 12.7 Å². The molecule has 4 rings (SSSR count). The zero-order valence-electron chi connectivity index (χ0n) is 19.3. The molecule has 1 aliphatic heterocycles. The van der Waals surface area contributed by atoms with E-state index in [9.17, 15) is 4.79 Å². The van der Waals surface area contributed by atoms with Gasteiger partial charge in [-0.2, -0.15) is 0 Å². The number of furan rings is 1. The summed E-state index contributed by atoms with van der Waals surface area (Å²) in [6.45, 7) is 14.2. The van der Waals surface area contributed by atoms with Crippen LogP contribution in [0.2, 0.25) is 0 Å². The Morgan fingerprint density at radius 1 is 1.13 bits per heavy atom. The molecule has 166 valence electrons. The second-order valence-corrected chi connectivity index (χ2v) is 9.53. The predicted molar refractivity (Wildman–Crippen MR) is 121 cm³/mol. The van der Waals surface area contributed by atoms with Gasteiger partial charge in [0.15, 0.2) is 5.76 Å². The number of hydrogen-bond acceptors (Lipinski definition) is 5. The van der Waals surface area contributed by atoms with Crippen LogP contribution in [0.25, 0.3) is 11.0 Å². The van der Waals surface area contributed by atoms with Crippen molar-refractivity contribution < 1.29 is 13.6 Å². The van der Waals surface area contributed by atoms with Gasteiger partial charge in [-0.15, -0.1) is 0 Å². The Hall–Kier alpha value is -2.60. The Labute approximate surface area is 184 Å². The normalized spacial score (nSPS) is 16.1. The molecule has 0 radical (unpaired) electrons. The van der Waals surface area contributed by atoms with Gasteiger partial charge in [0.1, 0.15) is 11.3 Å². The number of oxazole rings is 1. The van der Waals surface area contributed by atoms with E-state index in [1.807, 2.05) is 24.1 Å². The zero-order valence-corrected chi connectivity index (χ0v) is 19.3. The maximum atomic E-state index is 13.3. The van der Waals surface area contributed by atoms with Crippen LogP contribution in [0.1, 0.15) is 67.4 Å². The molecule has 0 N–H and O–H groups in total. The highest BCUT2D eigenvalue weighted by molar-refractivity contribution is 5.99. The van der Waals surface area contributed by atoms with E-state index in [1.165, 1.54) is 5.56 Å². The number of amides is 1. The summed E-state index contributed by atoms with van der Waals surface area (Å²) in [4.78, 5) is 21.9. The number of nitrogens with zero attached hydrogens (tertiary/aromatic N) is 3. The molecule has 31 heavy (non-hydrogen) atoms. The Morgan fingerprint density at radius 2 is 1.94 bits per heavy atom. The van der Waals surface area contributed by atoms with Crippen molar-refractivity contribution in [3.63, 3.8) is 0 Å². The zero-order chi connectivity index (χ0) is 22.2. The van der Waals surface area contributed by atoms with Crippen LogP contribution < -0.4 is 0 Å². The van der Waals surface area contributed by atoms with E-state index in [4.69, 9.17) is 8.83 Å². The molecule has 1 saturated heterocycles. The maximum absolute atomic E-state index is 13.3. The van der Waals surface area contributed by atoms with E-state index in [0.717, 1.165) is 60.7 Å². The first-order valence-electron chi connectivity index (χ1n) is 11.2. The van der Waals surface area contributed by atoms with Crippen molar-refractivity contribution >= 4 is 16.9 Å². The SMILES string of the molecule is CCc1ccc2oc(C(=O)N3CCCN(Cc4ncc(C(C)(C)C)o4)CC3)c(C)c2c1. The topological polar surface area (TPSA) is 62.7 Å². The molecule has 0 atom stereocenters. The average molecular weight is 424 g/mol. The van der Waals surface area contributed by atoms with E-state index < -0.39 is 0 Å². The van der Waals surface area contributed by atoms with Gasteiger partial charge in [-0.25, -0.2) is 4.98 Å². The first-order chi connectivity index (χ1) is 14.8. The highest BCUT2D eigenvalue weighted by atomic mass is 16.4. The average Bonchev–Trinajstić information content (AvgIpc) is 3.26. The van der Waals surface area contributed by atoms with Crippen LogP contribution in [0.3, 0.4) is 0 Å². The molecular weight excluding hydrogens is 390 g/mol. The van der Waals surface area contributed by atoms with E-state index in [2.05, 4.69) is 49.7 Å². The molecule has 0 aliphatic carbocycles. The van der Waals surface area contributed by atoms with Crippen LogP contribution in [0, 0.1) is 6.92 Å². The number of carbonyl (C=O) groups is 1. The van der Waals surface area contributed by atoms with E-state index >= 15 is 0 Å². The molecule has 1 fully saturated rings. The molecule has 3 aromatic rings. The highest BCUT2D eigenvalue weighted by Gasteiger charge is 2.26. The van der Waals surface area contributed by atoms with E-state index in [0.29, 0.717) is 18.8 Å². The summed E-state index contributed by atoms with van der Waals surface area (Å²) in [7, 11) is 0. The Morgan fingerprint density at radius 3 is 2.65 bits per heavy atom. The molecule has 1 aromatic carbocycles. The van der Waals surface area contributed by atoms with Gasteiger partial charge in [-0.3, -0.25) is 9.69 Å². The Bertz CT molecular complexity index is 1070. The number of benzene rings is 1. The van der Waals surface area contributed by atoms with Gasteiger partial charge < -0.3 is 13.7 Å². The molecular formula is C25H33N3O3. The van der Waals surface area contributed by atoms with E-state index in [1.54, 1.807) is 0 Å². The Kier molecular flexibility index (Phi) is 5.93. The fourth-order valence-electron chi connectivity index (χ4n) is 4.09. The van der Waals surface area contributed by atoms with Crippen LogP contribution in [0.4, 0.5) is 0 Å². The summed E-state index contributed by atoms with van der Waals surface area (Å²) in [5.41, 5.74) is 2.93. The first kappa shape index (κ1) is 21.6. The number of carbonyl (C=O) groups excluding carboxylic acids is 1. The minimum absolute atomic E-state index is 0.0141. The third-order valence-corrected chi connectivity index (χ3v) is 6.13. The lowest BCUT2D eigenvalue weighted by Crippen LogP contribution is -2.35. The molecule has 6 heteroatoms. The van der Waals surface area contributed by atoms with E-state index in [-0.39, 0.29) is 11.3 Å². The lowest BCUT2D eigenvalue weighted by atomic mass is 9.94. The fraction of sp³-hybridized carbons (Fsp3) is 0.520. The van der Waals surface area contributed by atoms with Crippen LogP contribution in [0.15, 0.2) is 33.2 Å². The Balaban J connectivity index is 1.44. The van der Waals surface area contributed by atoms with Gasteiger partial charge in [0.2, 0.25) is 5.89 Å². The van der Waals surface area contributed by atoms with Crippen molar-refractivity contribution in [3.8, 4) is 0 Å². The lowest BCUT2D eigenvalue weighted by molar-refractivity contribution is 0.0730. The highest BCUT2D eigenvalue weighted by Crippen LogP contribution is 2.28. The summed E-state index contributed by atoms with van der Waals surface area (Å²) >= 11 is 0. The second-order valence-electron chi connectivity index (χ2n) is 9.53. The van der Waals surface area contributed by atoms with Crippen LogP contribution >= 0.6 is 0 Å². The molecule has 1 amide bonds. The van der Waals surface area contributed by atoms with Gasteiger partial charge in [-0.1, -0.05) is 33.8 Å². The quantitative estimate of drug-likeness (QED) is 0.595. The van der Waals surface area contributed by atoms with Crippen LogP contribution in [-0.2, 0) is 18.4 Å². The van der Waals surface area contributed by atoms with Gasteiger partial charge >= 0.3 is 0 Å². The molecule has 2 aromatic heterocycles. The molecule has 1 aliphatic rings. The first-order valence-corrected chi connectivity index (χ1v) is 11.2. The van der Waals surface area contributed by atoms with Crippen molar-refractivity contribution in [3.05, 3.63) is 52.9 Å². The maximum Gasteiger partial charge on any atom is 0.289 e. The number of aryl methyl sites for hydroxylation is 2. The molecule has 0 unspecified atom stereocenters. The number of fused-ring (bicyclic) bond motifs is 1. The van der Waals surface area contributed by atoms with Crippen molar-refractivity contribution in [1.29, 1.82) is 0 Å². The van der Waals surface area contributed by atoms with Gasteiger partial charge in [0, 0.05) is 42.5 Å². The van der Waals surface area contributed by atoms with Crippen molar-refractivity contribution in [2.75, 3.05) is 26.2 Å². The summed E-state index contributed by atoms with van der Waals surface area (Å²) in [5.74, 6) is 2.10. The molecule has 3 heterocycles. The van der Waals surface area contributed by atoms with Gasteiger partial charge in [-0.05, 0) is 37.5 Å². The van der Waals surface area contributed by atoms with Crippen molar-refractivity contribution in [2.24, 2.45) is 0 Å². The molecule has 0 saturated carbocycles. The minimum atomic E-state index is -0.0460. The fourth-order valence-corrected chi connectivity index (χ4v) is 4.09. The molecule has 6 nitrogen and oxygen atoms in total. The largest absolute Gasteiger partial charge is 0.451 e.